The lowest BCUT2D eigenvalue weighted by molar-refractivity contribution is -0.150. The van der Waals surface area contributed by atoms with E-state index in [1.165, 1.54) is 116 Å². The zero-order valence-corrected chi connectivity index (χ0v) is 34.9. The molecule has 4 N–H and O–H groups in total. The van der Waals surface area contributed by atoms with Crippen LogP contribution in [0.25, 0.3) is 0 Å². The molecule has 0 aromatic rings. The number of aliphatic carboxylic acids is 1. The molecule has 310 valence electrons. The van der Waals surface area contributed by atoms with Crippen molar-refractivity contribution < 1.29 is 24.2 Å². The summed E-state index contributed by atoms with van der Waals surface area (Å²) in [5.41, 5.74) is 5.48. The number of carbonyl (C=O) groups excluding carboxylic acids is 2. The Balaban J connectivity index is 4.31. The van der Waals surface area contributed by atoms with Gasteiger partial charge >= 0.3 is 11.9 Å². The topological polar surface area (TPSA) is 119 Å². The van der Waals surface area contributed by atoms with Crippen molar-refractivity contribution in [2.45, 2.75) is 244 Å². The van der Waals surface area contributed by atoms with E-state index in [4.69, 9.17) is 10.5 Å². The Morgan fingerprint density at radius 2 is 0.943 bits per heavy atom. The Hall–Kier alpha value is -2.15. The summed E-state index contributed by atoms with van der Waals surface area (Å²) >= 11 is 0. The van der Waals surface area contributed by atoms with Crippen LogP contribution in [0.4, 0.5) is 0 Å². The first-order valence-electron chi connectivity index (χ1n) is 22.7. The molecule has 0 aromatic heterocycles. The van der Waals surface area contributed by atoms with Crippen LogP contribution in [0.5, 0.6) is 0 Å². The van der Waals surface area contributed by atoms with Gasteiger partial charge in [-0.25, -0.2) is 4.79 Å². The monoisotopic (exact) mass is 747 g/mol. The summed E-state index contributed by atoms with van der Waals surface area (Å²) in [7, 11) is 0. The molecule has 0 aromatic carbocycles. The Kier molecular flexibility index (Phi) is 39.4. The highest BCUT2D eigenvalue weighted by molar-refractivity contribution is 5.83. The number of amides is 1. The van der Waals surface area contributed by atoms with Crippen LogP contribution in [-0.2, 0) is 19.1 Å². The van der Waals surface area contributed by atoms with Gasteiger partial charge in [-0.1, -0.05) is 147 Å². The molecule has 7 heteroatoms. The first kappa shape index (κ1) is 50.9. The second kappa shape index (κ2) is 41.0. The Bertz CT molecular complexity index is 889. The van der Waals surface area contributed by atoms with Crippen LogP contribution < -0.4 is 11.1 Å². The third-order valence-electron chi connectivity index (χ3n) is 10.2. The fraction of sp³-hybridized carbons (Fsp3) is 0.848. The summed E-state index contributed by atoms with van der Waals surface area (Å²) in [6, 6.07) is -0.858. The van der Waals surface area contributed by atoms with Gasteiger partial charge in [-0.15, -0.1) is 0 Å². The molecule has 7 nitrogen and oxygen atoms in total. The Morgan fingerprint density at radius 1 is 0.528 bits per heavy atom. The summed E-state index contributed by atoms with van der Waals surface area (Å²) in [4.78, 5) is 36.4. The third kappa shape index (κ3) is 37.9. The van der Waals surface area contributed by atoms with E-state index < -0.39 is 12.0 Å². The number of carboxylic acids is 1. The summed E-state index contributed by atoms with van der Waals surface area (Å²) in [5, 5.41) is 11.9. The molecule has 2 unspecified atom stereocenters. The van der Waals surface area contributed by atoms with Crippen LogP contribution in [-0.4, -0.2) is 41.6 Å². The molecule has 0 fully saturated rings. The van der Waals surface area contributed by atoms with Crippen molar-refractivity contribution in [3.8, 4) is 0 Å². The molecule has 1 amide bonds. The minimum absolute atomic E-state index is 0.0189. The highest BCUT2D eigenvalue weighted by Crippen LogP contribution is 2.18. The molecule has 0 saturated carbocycles. The van der Waals surface area contributed by atoms with E-state index >= 15 is 0 Å². The van der Waals surface area contributed by atoms with Crippen LogP contribution in [0.15, 0.2) is 24.3 Å². The number of ether oxygens (including phenoxy) is 1. The number of hydrogen-bond acceptors (Lipinski definition) is 5. The number of carbonyl (C=O) groups is 3. The number of unbranched alkanes of at least 4 members (excludes halogenated alkanes) is 23. The second-order valence-corrected chi connectivity index (χ2v) is 15.5. The van der Waals surface area contributed by atoms with E-state index in [0.29, 0.717) is 32.2 Å². The normalized spacial score (nSPS) is 12.8. The van der Waals surface area contributed by atoms with Gasteiger partial charge in [0.15, 0.2) is 0 Å². The molecule has 0 aliphatic heterocycles. The summed E-state index contributed by atoms with van der Waals surface area (Å²) in [6.07, 6.45) is 46.5. The van der Waals surface area contributed by atoms with E-state index in [2.05, 4.69) is 43.5 Å². The van der Waals surface area contributed by atoms with Gasteiger partial charge in [-0.3, -0.25) is 9.59 Å². The maximum Gasteiger partial charge on any atom is 0.326 e. The second-order valence-electron chi connectivity index (χ2n) is 15.5. The Morgan fingerprint density at radius 3 is 1.43 bits per heavy atom. The molecule has 0 rings (SSSR count). The van der Waals surface area contributed by atoms with Crippen molar-refractivity contribution >= 4 is 17.8 Å². The lowest BCUT2D eigenvalue weighted by Gasteiger charge is -2.18. The van der Waals surface area contributed by atoms with Gasteiger partial charge in [0.2, 0.25) is 5.91 Å². The number of hydrogen-bond donors (Lipinski definition) is 3. The summed E-state index contributed by atoms with van der Waals surface area (Å²) in [5.74, 6) is -1.25. The average Bonchev–Trinajstić information content (AvgIpc) is 3.14. The van der Waals surface area contributed by atoms with Gasteiger partial charge in [0.25, 0.3) is 0 Å². The fourth-order valence-corrected chi connectivity index (χ4v) is 6.80. The van der Waals surface area contributed by atoms with E-state index in [0.717, 1.165) is 77.0 Å². The average molecular weight is 747 g/mol. The standard InChI is InChI=1S/C46H86N2O5/c1-3-5-7-9-11-13-15-16-17-18-19-21-23-25-30-34-40-45(50)53-42(36-31-27-24-22-20-14-12-10-8-6-4-2)37-32-28-26-29-33-39-44(49)48-43(46(51)52)38-35-41-47/h17-18,22,24,42-43H,3-16,19-21,23,25-41,47H2,1-2H3,(H,48,49)(H,51,52)/b18-17-,24-22-. The number of allylic oxidation sites excluding steroid dienone is 4. The maximum absolute atomic E-state index is 12.8. The molecular formula is C46H86N2O5. The highest BCUT2D eigenvalue weighted by Gasteiger charge is 2.19. The van der Waals surface area contributed by atoms with Crippen molar-refractivity contribution in [3.63, 3.8) is 0 Å². The van der Waals surface area contributed by atoms with Gasteiger partial charge in [0, 0.05) is 12.8 Å². The molecule has 0 saturated heterocycles. The molecule has 0 bridgehead atoms. The van der Waals surface area contributed by atoms with Crippen LogP contribution in [0.1, 0.15) is 232 Å². The summed E-state index contributed by atoms with van der Waals surface area (Å²) in [6.45, 7) is 4.94. The first-order chi connectivity index (χ1) is 25.9. The van der Waals surface area contributed by atoms with Gasteiger partial charge in [0.1, 0.15) is 12.1 Å². The zero-order chi connectivity index (χ0) is 38.9. The minimum Gasteiger partial charge on any atom is -0.480 e. The van der Waals surface area contributed by atoms with Crippen molar-refractivity contribution in [2.24, 2.45) is 5.73 Å². The fourth-order valence-electron chi connectivity index (χ4n) is 6.80. The van der Waals surface area contributed by atoms with Gasteiger partial charge in [-0.2, -0.15) is 0 Å². The summed E-state index contributed by atoms with van der Waals surface area (Å²) < 4.78 is 6.03. The van der Waals surface area contributed by atoms with Gasteiger partial charge in [-0.05, 0) is 103 Å². The number of nitrogens with one attached hydrogen (secondary N) is 1. The lowest BCUT2D eigenvalue weighted by Crippen LogP contribution is -2.40. The zero-order valence-electron chi connectivity index (χ0n) is 34.9. The molecule has 0 radical (unpaired) electrons. The molecule has 0 aliphatic rings. The van der Waals surface area contributed by atoms with E-state index in [1.54, 1.807) is 0 Å². The lowest BCUT2D eigenvalue weighted by atomic mass is 10.0. The predicted molar refractivity (Wildman–Crippen MR) is 225 cm³/mol. The van der Waals surface area contributed by atoms with E-state index in [-0.39, 0.29) is 18.0 Å². The smallest absolute Gasteiger partial charge is 0.326 e. The van der Waals surface area contributed by atoms with Crippen LogP contribution >= 0.6 is 0 Å². The largest absolute Gasteiger partial charge is 0.480 e. The van der Waals surface area contributed by atoms with Crippen LogP contribution in [0, 0.1) is 0 Å². The van der Waals surface area contributed by atoms with Gasteiger partial charge < -0.3 is 20.9 Å². The van der Waals surface area contributed by atoms with E-state index in [9.17, 15) is 19.5 Å². The Labute approximate surface area is 327 Å². The van der Waals surface area contributed by atoms with Crippen LogP contribution in [0.2, 0.25) is 0 Å². The quantitative estimate of drug-likeness (QED) is 0.0325. The maximum atomic E-state index is 12.8. The number of rotatable bonds is 41. The molecule has 53 heavy (non-hydrogen) atoms. The van der Waals surface area contributed by atoms with E-state index in [1.807, 2.05) is 0 Å². The third-order valence-corrected chi connectivity index (χ3v) is 10.2. The minimum atomic E-state index is -1.01. The molecule has 0 aliphatic carbocycles. The van der Waals surface area contributed by atoms with Crippen molar-refractivity contribution in [3.05, 3.63) is 24.3 Å². The van der Waals surface area contributed by atoms with Crippen molar-refractivity contribution in [2.75, 3.05) is 6.54 Å². The molecule has 0 spiro atoms. The molecule has 0 heterocycles. The first-order valence-corrected chi connectivity index (χ1v) is 22.7. The van der Waals surface area contributed by atoms with Crippen molar-refractivity contribution in [1.82, 2.24) is 5.32 Å². The van der Waals surface area contributed by atoms with Crippen LogP contribution in [0.3, 0.4) is 0 Å². The molecular weight excluding hydrogens is 661 g/mol. The number of nitrogens with two attached hydrogens (primary N) is 1. The number of carboxylic acid groups (broad SMARTS) is 1. The highest BCUT2D eigenvalue weighted by atomic mass is 16.5. The van der Waals surface area contributed by atoms with Crippen molar-refractivity contribution in [1.29, 1.82) is 0 Å². The number of esters is 1. The molecule has 2 atom stereocenters. The van der Waals surface area contributed by atoms with Gasteiger partial charge in [0.05, 0.1) is 0 Å². The predicted octanol–water partition coefficient (Wildman–Crippen LogP) is 12.8. The SMILES string of the molecule is CCCCCCCC/C=C\CCCC(CCCCCCCC(=O)NC(CCCN)C(=O)O)OC(=O)CCCCCCC/C=C\CCCCCCCCC.